The van der Waals surface area contributed by atoms with Crippen LogP contribution in [0.4, 0.5) is 0 Å². The van der Waals surface area contributed by atoms with E-state index in [9.17, 15) is 0 Å². The summed E-state index contributed by atoms with van der Waals surface area (Å²) in [6.07, 6.45) is 3.92. The minimum atomic E-state index is 0.921. The van der Waals surface area contributed by atoms with Crippen LogP contribution in [0.15, 0.2) is 138 Å². The number of nitrogens with zero attached hydrogens (tertiary/aromatic N) is 2. The lowest BCUT2D eigenvalue weighted by Crippen LogP contribution is -1.91. The topological polar surface area (TPSA) is 30.4 Å². The van der Waals surface area contributed by atoms with E-state index in [1.165, 1.54) is 38.1 Å². The molecule has 0 N–H and O–H groups in total. The molecule has 0 radical (unpaired) electrons. The van der Waals surface area contributed by atoms with Crippen molar-refractivity contribution < 1.29 is 4.42 Å². The lowest BCUT2D eigenvalue weighted by molar-refractivity contribution is 0.670. The second kappa shape index (κ2) is 8.05. The van der Waals surface area contributed by atoms with Crippen molar-refractivity contribution in [3.8, 4) is 22.3 Å². The molecule has 3 heterocycles. The molecule has 0 aliphatic rings. The van der Waals surface area contributed by atoms with Crippen LogP contribution < -0.4 is 0 Å². The third-order valence-corrected chi connectivity index (χ3v) is 8.24. The van der Waals surface area contributed by atoms with Crippen molar-refractivity contribution in [2.75, 3.05) is 0 Å². The lowest BCUT2D eigenvalue weighted by Gasteiger charge is -2.11. The Hall–Kier alpha value is -5.41. The van der Waals surface area contributed by atoms with E-state index in [1.54, 1.807) is 0 Å². The average Bonchev–Trinajstić information content (AvgIpc) is 3.66. The Morgan fingerprint density at radius 1 is 0.525 bits per heavy atom. The first-order valence-corrected chi connectivity index (χ1v) is 13.5. The fourth-order valence-corrected chi connectivity index (χ4v) is 6.32. The monoisotopic (exact) mass is 510 g/mol. The number of fused-ring (bicyclic) bond motifs is 10. The Bertz CT molecular complexity index is 2440. The fourth-order valence-electron chi connectivity index (χ4n) is 6.32. The van der Waals surface area contributed by atoms with Crippen LogP contribution in [0.1, 0.15) is 0 Å². The van der Waals surface area contributed by atoms with E-state index in [4.69, 9.17) is 4.42 Å². The van der Waals surface area contributed by atoms with Gasteiger partial charge < -0.3 is 4.42 Å². The Morgan fingerprint density at radius 3 is 2.17 bits per heavy atom. The Balaban J connectivity index is 1.22. The van der Waals surface area contributed by atoms with E-state index in [0.717, 1.165) is 44.2 Å². The largest absolute Gasteiger partial charge is 0.455 e. The molecule has 6 aromatic carbocycles. The molecule has 0 unspecified atom stereocenters. The third kappa shape index (κ3) is 3.03. The van der Waals surface area contributed by atoms with Crippen LogP contribution >= 0.6 is 0 Å². The normalized spacial score (nSPS) is 12.0. The van der Waals surface area contributed by atoms with Crippen LogP contribution in [-0.4, -0.2) is 9.38 Å². The van der Waals surface area contributed by atoms with Crippen LogP contribution in [-0.2, 0) is 0 Å². The quantitative estimate of drug-likeness (QED) is 0.217. The first-order chi connectivity index (χ1) is 19.8. The van der Waals surface area contributed by atoms with Crippen molar-refractivity contribution in [1.82, 2.24) is 9.38 Å². The number of imidazole rings is 1. The van der Waals surface area contributed by atoms with Gasteiger partial charge >= 0.3 is 0 Å². The van der Waals surface area contributed by atoms with Crippen LogP contribution in [0.25, 0.3) is 82.3 Å². The summed E-state index contributed by atoms with van der Waals surface area (Å²) in [6.45, 7) is 0. The molecule has 3 heteroatoms. The van der Waals surface area contributed by atoms with Gasteiger partial charge in [0.1, 0.15) is 16.8 Å². The van der Waals surface area contributed by atoms with E-state index < -0.39 is 0 Å². The number of pyridine rings is 1. The predicted molar refractivity (Wildman–Crippen MR) is 166 cm³/mol. The SMILES string of the molecule is c1ccc2c(c1)oc1c(-c3ccc4ccc(-c5ccc6c(c5)c5ccccc5c5nccn65)cc4c3)cccc12. The molecular weight excluding hydrogens is 488 g/mol. The number of hydrogen-bond acceptors (Lipinski definition) is 2. The average molecular weight is 511 g/mol. The maximum Gasteiger partial charge on any atom is 0.145 e. The number of hydrogen-bond donors (Lipinski definition) is 0. The molecule has 3 nitrogen and oxygen atoms in total. The fraction of sp³-hybridized carbons (Fsp3) is 0. The summed E-state index contributed by atoms with van der Waals surface area (Å²) < 4.78 is 8.52. The van der Waals surface area contributed by atoms with E-state index in [-0.39, 0.29) is 0 Å². The van der Waals surface area contributed by atoms with Gasteiger partial charge in [0.2, 0.25) is 0 Å². The number of rotatable bonds is 2. The molecule has 0 fully saturated rings. The minimum absolute atomic E-state index is 0.921. The molecular formula is C37H22N2O. The molecule has 0 atom stereocenters. The lowest BCUT2D eigenvalue weighted by atomic mass is 9.95. The highest BCUT2D eigenvalue weighted by atomic mass is 16.3. The molecule has 0 aliphatic heterocycles. The van der Waals surface area contributed by atoms with Gasteiger partial charge in [-0.15, -0.1) is 0 Å². The zero-order valence-electron chi connectivity index (χ0n) is 21.5. The Morgan fingerprint density at radius 2 is 1.25 bits per heavy atom. The maximum absolute atomic E-state index is 6.34. The van der Waals surface area contributed by atoms with Gasteiger partial charge in [-0.3, -0.25) is 4.40 Å². The highest BCUT2D eigenvalue weighted by Crippen LogP contribution is 2.38. The second-order valence-electron chi connectivity index (χ2n) is 10.5. The number of furan rings is 1. The van der Waals surface area contributed by atoms with Gasteiger partial charge in [0.05, 0.1) is 5.52 Å². The third-order valence-electron chi connectivity index (χ3n) is 8.24. The summed E-state index contributed by atoms with van der Waals surface area (Å²) >= 11 is 0. The zero-order valence-corrected chi connectivity index (χ0v) is 21.5. The van der Waals surface area contributed by atoms with Crippen molar-refractivity contribution in [1.29, 1.82) is 0 Å². The van der Waals surface area contributed by atoms with E-state index in [2.05, 4.69) is 119 Å². The molecule has 9 aromatic rings. The predicted octanol–water partition coefficient (Wildman–Crippen LogP) is 10.0. The number of para-hydroxylation sites is 2. The van der Waals surface area contributed by atoms with E-state index in [0.29, 0.717) is 0 Å². The van der Waals surface area contributed by atoms with Gasteiger partial charge in [0.15, 0.2) is 0 Å². The van der Waals surface area contributed by atoms with Crippen molar-refractivity contribution in [2.24, 2.45) is 0 Å². The summed E-state index contributed by atoms with van der Waals surface area (Å²) in [7, 11) is 0. The van der Waals surface area contributed by atoms with E-state index in [1.807, 2.05) is 24.5 Å². The van der Waals surface area contributed by atoms with Gasteiger partial charge in [-0.1, -0.05) is 91.0 Å². The molecule has 0 saturated heterocycles. The van der Waals surface area contributed by atoms with Crippen molar-refractivity contribution in [3.05, 3.63) is 134 Å². The smallest absolute Gasteiger partial charge is 0.145 e. The molecule has 3 aromatic heterocycles. The molecule has 0 bridgehead atoms. The van der Waals surface area contributed by atoms with Gasteiger partial charge in [0, 0.05) is 39.5 Å². The second-order valence-corrected chi connectivity index (χ2v) is 10.5. The van der Waals surface area contributed by atoms with Crippen LogP contribution in [0.3, 0.4) is 0 Å². The molecule has 0 spiro atoms. The van der Waals surface area contributed by atoms with E-state index >= 15 is 0 Å². The zero-order chi connectivity index (χ0) is 26.2. The maximum atomic E-state index is 6.34. The first-order valence-electron chi connectivity index (χ1n) is 13.5. The van der Waals surface area contributed by atoms with Gasteiger partial charge in [-0.2, -0.15) is 0 Å². The summed E-state index contributed by atoms with van der Waals surface area (Å²) in [5.74, 6) is 0. The Labute approximate surface area is 229 Å². The van der Waals surface area contributed by atoms with Crippen molar-refractivity contribution in [3.63, 3.8) is 0 Å². The molecule has 0 saturated carbocycles. The first kappa shape index (κ1) is 21.5. The molecule has 0 amide bonds. The van der Waals surface area contributed by atoms with Crippen LogP contribution in [0.5, 0.6) is 0 Å². The molecule has 186 valence electrons. The summed E-state index contributed by atoms with van der Waals surface area (Å²) in [5.41, 5.74) is 8.68. The highest BCUT2D eigenvalue weighted by Gasteiger charge is 2.13. The molecule has 9 rings (SSSR count). The summed E-state index contributed by atoms with van der Waals surface area (Å²) in [5, 5.41) is 8.34. The van der Waals surface area contributed by atoms with Crippen molar-refractivity contribution in [2.45, 2.75) is 0 Å². The Kier molecular flexibility index (Phi) is 4.33. The van der Waals surface area contributed by atoms with Gasteiger partial charge in [-0.05, 0) is 63.2 Å². The summed E-state index contributed by atoms with van der Waals surface area (Å²) in [6, 6.07) is 43.4. The number of benzene rings is 6. The minimum Gasteiger partial charge on any atom is -0.455 e. The highest BCUT2D eigenvalue weighted by molar-refractivity contribution is 6.13. The molecule has 0 aliphatic carbocycles. The summed E-state index contributed by atoms with van der Waals surface area (Å²) in [4.78, 5) is 4.63. The van der Waals surface area contributed by atoms with Crippen molar-refractivity contribution >= 4 is 60.0 Å². The number of aromatic nitrogens is 2. The van der Waals surface area contributed by atoms with Gasteiger partial charge in [-0.25, -0.2) is 4.98 Å². The van der Waals surface area contributed by atoms with Crippen LogP contribution in [0, 0.1) is 0 Å². The molecule has 40 heavy (non-hydrogen) atoms. The standard InChI is InChI=1S/C37H22N2O/c1-2-8-32-29(6-1)33-22-25(16-17-34(33)39-19-18-38-37(32)39)24-14-12-23-13-15-26(21-27(23)20-24)28-9-5-10-31-30-7-3-4-11-35(30)40-36(28)31/h1-22H. The van der Waals surface area contributed by atoms with Gasteiger partial charge in [0.25, 0.3) is 0 Å². The van der Waals surface area contributed by atoms with Crippen LogP contribution in [0.2, 0.25) is 0 Å².